The first kappa shape index (κ1) is 18.6. The van der Waals surface area contributed by atoms with E-state index in [1.54, 1.807) is 0 Å². The van der Waals surface area contributed by atoms with Crippen molar-refractivity contribution in [3.8, 4) is 0 Å². The second-order valence-electron chi connectivity index (χ2n) is 5.62. The molecule has 0 bridgehead atoms. The third-order valence-electron chi connectivity index (χ3n) is 4.37. The lowest BCUT2D eigenvalue weighted by atomic mass is 9.90. The summed E-state index contributed by atoms with van der Waals surface area (Å²) in [6.45, 7) is 9.18. The van der Waals surface area contributed by atoms with E-state index in [-0.39, 0.29) is 30.4 Å². The maximum Gasteiger partial charge on any atom is 0.129 e. The highest BCUT2D eigenvalue weighted by atomic mass is 35.5. The Balaban J connectivity index is 0.00000110. The Morgan fingerprint density at radius 3 is 2.62 bits per heavy atom. The number of hydrogen-bond donors (Lipinski definition) is 1. The van der Waals surface area contributed by atoms with Gasteiger partial charge in [-0.05, 0) is 19.8 Å². The largest absolute Gasteiger partial charge is 0.372 e. The van der Waals surface area contributed by atoms with Crippen LogP contribution in [0.3, 0.4) is 0 Å². The second kappa shape index (κ2) is 8.29. The van der Waals surface area contributed by atoms with E-state index in [1.165, 1.54) is 0 Å². The Hall–Kier alpha value is -0.400. The molecule has 1 aromatic rings. The van der Waals surface area contributed by atoms with Crippen LogP contribution in [-0.4, -0.2) is 64.6 Å². The summed E-state index contributed by atoms with van der Waals surface area (Å²) in [6.07, 6.45) is 4.09. The molecule has 2 fully saturated rings. The summed E-state index contributed by atoms with van der Waals surface area (Å²) in [5.41, 5.74) is 0.112. The number of ether oxygens (including phenoxy) is 1. The molecule has 122 valence electrons. The Kier molecular flexibility index (Phi) is 7.36. The van der Waals surface area contributed by atoms with Crippen molar-refractivity contribution in [1.82, 2.24) is 25.0 Å². The molecule has 0 unspecified atom stereocenters. The minimum Gasteiger partial charge on any atom is -0.372 e. The molecule has 8 heteroatoms. The first-order valence-electron chi connectivity index (χ1n) is 7.19. The van der Waals surface area contributed by atoms with Gasteiger partial charge in [0, 0.05) is 39.3 Å². The van der Waals surface area contributed by atoms with Crippen molar-refractivity contribution in [3.05, 3.63) is 12.2 Å². The van der Waals surface area contributed by atoms with Crippen LogP contribution >= 0.6 is 24.8 Å². The first-order valence-corrected chi connectivity index (χ1v) is 7.19. The van der Waals surface area contributed by atoms with Gasteiger partial charge in [0.25, 0.3) is 0 Å². The molecule has 21 heavy (non-hydrogen) atoms. The molecule has 2 aliphatic heterocycles. The molecule has 1 N–H and O–H groups in total. The highest BCUT2D eigenvalue weighted by Gasteiger charge is 2.36. The van der Waals surface area contributed by atoms with Crippen LogP contribution in [-0.2, 0) is 11.3 Å². The minimum absolute atomic E-state index is 0. The van der Waals surface area contributed by atoms with Crippen LogP contribution in [0.1, 0.15) is 18.7 Å². The highest BCUT2D eigenvalue weighted by molar-refractivity contribution is 5.85. The Bertz CT molecular complexity index is 412. The maximum absolute atomic E-state index is 6.01. The van der Waals surface area contributed by atoms with Gasteiger partial charge in [-0.3, -0.25) is 0 Å². The number of aromatic nitrogens is 3. The molecular weight excluding hydrogens is 313 g/mol. The van der Waals surface area contributed by atoms with Gasteiger partial charge in [0.15, 0.2) is 0 Å². The van der Waals surface area contributed by atoms with E-state index in [9.17, 15) is 0 Å². The van der Waals surface area contributed by atoms with Crippen LogP contribution in [0.4, 0.5) is 0 Å². The van der Waals surface area contributed by atoms with Crippen LogP contribution in [0, 0.1) is 6.92 Å². The summed E-state index contributed by atoms with van der Waals surface area (Å²) in [7, 11) is 0. The zero-order chi connectivity index (χ0) is 13.1. The molecule has 0 aromatic carbocycles. The highest BCUT2D eigenvalue weighted by Crippen LogP contribution is 2.27. The number of morpholine rings is 1. The molecule has 0 radical (unpaired) electrons. The zero-order valence-electron chi connectivity index (χ0n) is 12.5. The monoisotopic (exact) mass is 337 g/mol. The van der Waals surface area contributed by atoms with Crippen LogP contribution < -0.4 is 5.32 Å². The molecular formula is C13H25Cl2N5O. The molecule has 3 rings (SSSR count). The molecule has 1 aromatic heterocycles. The van der Waals surface area contributed by atoms with E-state index in [1.807, 2.05) is 13.3 Å². The summed E-state index contributed by atoms with van der Waals surface area (Å²) in [4.78, 5) is 2.52. The van der Waals surface area contributed by atoms with Crippen LogP contribution in [0.2, 0.25) is 0 Å². The molecule has 1 spiro atoms. The third kappa shape index (κ3) is 4.53. The summed E-state index contributed by atoms with van der Waals surface area (Å²) in [6, 6.07) is 0. The van der Waals surface area contributed by atoms with Crippen LogP contribution in [0.15, 0.2) is 6.33 Å². The van der Waals surface area contributed by atoms with Crippen molar-refractivity contribution in [2.24, 2.45) is 0 Å². The van der Waals surface area contributed by atoms with Gasteiger partial charge in [-0.1, -0.05) is 0 Å². The van der Waals surface area contributed by atoms with Gasteiger partial charge in [0.1, 0.15) is 12.2 Å². The molecule has 0 amide bonds. The number of rotatable bonds is 3. The zero-order valence-corrected chi connectivity index (χ0v) is 14.1. The Labute approximate surface area is 138 Å². The normalized spacial score (nSPS) is 21.6. The molecule has 2 saturated heterocycles. The van der Waals surface area contributed by atoms with Crippen molar-refractivity contribution in [2.75, 3.05) is 39.3 Å². The number of aryl methyl sites for hydroxylation is 1. The van der Waals surface area contributed by atoms with Crippen molar-refractivity contribution in [3.63, 3.8) is 0 Å². The molecule has 0 atom stereocenters. The fraction of sp³-hybridized carbons (Fsp3) is 0.846. The number of nitrogens with zero attached hydrogens (tertiary/aromatic N) is 4. The topological polar surface area (TPSA) is 55.2 Å². The first-order chi connectivity index (χ1) is 9.27. The quantitative estimate of drug-likeness (QED) is 0.887. The fourth-order valence-corrected chi connectivity index (χ4v) is 2.99. The molecule has 0 aliphatic carbocycles. The third-order valence-corrected chi connectivity index (χ3v) is 4.37. The van der Waals surface area contributed by atoms with E-state index in [2.05, 4.69) is 25.0 Å². The minimum atomic E-state index is 0. The van der Waals surface area contributed by atoms with Crippen molar-refractivity contribution >= 4 is 24.8 Å². The fourth-order valence-electron chi connectivity index (χ4n) is 2.99. The lowest BCUT2D eigenvalue weighted by molar-refractivity contribution is -0.0997. The number of hydrogen-bond acceptors (Lipinski definition) is 5. The SMILES string of the molecule is Cc1nncn1CCN1CCC2(CC1)CNCCO2.Cl.Cl. The van der Waals surface area contributed by atoms with E-state index in [4.69, 9.17) is 4.74 Å². The number of halogens is 2. The average Bonchev–Trinajstić information content (AvgIpc) is 2.85. The number of piperidine rings is 1. The van der Waals surface area contributed by atoms with Crippen LogP contribution in [0.5, 0.6) is 0 Å². The van der Waals surface area contributed by atoms with Crippen molar-refractivity contribution in [2.45, 2.75) is 31.9 Å². The standard InChI is InChI=1S/C13H23N5O.2ClH/c1-12-16-15-11-18(12)8-7-17-5-2-13(3-6-17)10-14-4-9-19-13;;/h11,14H,2-10H2,1H3;2*1H. The summed E-state index contributed by atoms with van der Waals surface area (Å²) >= 11 is 0. The number of likely N-dealkylation sites (tertiary alicyclic amines) is 1. The van der Waals surface area contributed by atoms with Gasteiger partial charge in [0.2, 0.25) is 0 Å². The number of nitrogens with one attached hydrogen (secondary N) is 1. The summed E-state index contributed by atoms with van der Waals surface area (Å²) in [5, 5.41) is 11.4. The van der Waals surface area contributed by atoms with Gasteiger partial charge in [0.05, 0.1) is 12.2 Å². The lowest BCUT2D eigenvalue weighted by Crippen LogP contribution is -2.55. The van der Waals surface area contributed by atoms with Crippen molar-refractivity contribution in [1.29, 1.82) is 0 Å². The Morgan fingerprint density at radius 1 is 1.29 bits per heavy atom. The summed E-state index contributed by atoms with van der Waals surface area (Å²) in [5.74, 6) is 0.994. The van der Waals surface area contributed by atoms with E-state index < -0.39 is 0 Å². The van der Waals surface area contributed by atoms with Gasteiger partial charge in [-0.25, -0.2) is 0 Å². The van der Waals surface area contributed by atoms with Gasteiger partial charge in [-0.15, -0.1) is 35.0 Å². The van der Waals surface area contributed by atoms with E-state index >= 15 is 0 Å². The average molecular weight is 338 g/mol. The van der Waals surface area contributed by atoms with Gasteiger partial charge in [-0.2, -0.15) is 0 Å². The second-order valence-corrected chi connectivity index (χ2v) is 5.62. The molecule has 2 aliphatic rings. The van der Waals surface area contributed by atoms with E-state index in [0.29, 0.717) is 0 Å². The summed E-state index contributed by atoms with van der Waals surface area (Å²) < 4.78 is 8.12. The predicted octanol–water partition coefficient (Wildman–Crippen LogP) is 0.885. The molecule has 0 saturated carbocycles. The predicted molar refractivity (Wildman–Crippen MR) is 86.5 cm³/mol. The van der Waals surface area contributed by atoms with Gasteiger partial charge < -0.3 is 19.5 Å². The molecule has 6 nitrogen and oxygen atoms in total. The van der Waals surface area contributed by atoms with Crippen molar-refractivity contribution < 1.29 is 4.74 Å². The smallest absolute Gasteiger partial charge is 0.129 e. The lowest BCUT2D eigenvalue weighted by Gasteiger charge is -2.44. The van der Waals surface area contributed by atoms with Crippen LogP contribution in [0.25, 0.3) is 0 Å². The maximum atomic E-state index is 6.01. The Morgan fingerprint density at radius 2 is 2.05 bits per heavy atom. The van der Waals surface area contributed by atoms with Gasteiger partial charge >= 0.3 is 0 Å². The van der Waals surface area contributed by atoms with E-state index in [0.717, 1.165) is 64.5 Å². The molecule has 3 heterocycles.